The Labute approximate surface area is 91.4 Å². The van der Waals surface area contributed by atoms with Crippen LogP contribution in [0.25, 0.3) is 0 Å². The first kappa shape index (κ1) is 16.3. The topological polar surface area (TPSA) is 105 Å². The summed E-state index contributed by atoms with van der Waals surface area (Å²) in [6, 6.07) is 0. The Morgan fingerprint density at radius 1 is 0.688 bits per heavy atom. The van der Waals surface area contributed by atoms with E-state index in [0.29, 0.717) is 0 Å². The minimum Gasteiger partial charge on any atom is -0.437 e. The summed E-state index contributed by atoms with van der Waals surface area (Å²) < 4.78 is 15.7. The van der Waals surface area contributed by atoms with Crippen LogP contribution in [0.1, 0.15) is 13.8 Å². The second-order valence-corrected chi connectivity index (χ2v) is 2.10. The minimum atomic E-state index is -1.08. The van der Waals surface area contributed by atoms with Crippen molar-refractivity contribution in [3.8, 4) is 0 Å². The molecule has 0 rings (SSSR count). The van der Waals surface area contributed by atoms with Crippen LogP contribution in [0.4, 0.5) is 9.59 Å². The summed E-state index contributed by atoms with van der Waals surface area (Å²) in [5.74, 6) is -1.12. The Kier molecular flexibility index (Phi) is 9.62. The summed E-state index contributed by atoms with van der Waals surface area (Å²) in [6.45, 7) is 2.36. The summed E-state index contributed by atoms with van der Waals surface area (Å²) in [5, 5.41) is 0. The molecule has 0 spiro atoms. The predicted molar refractivity (Wildman–Crippen MR) is 48.3 cm³/mol. The maximum Gasteiger partial charge on any atom is 0.518 e. The van der Waals surface area contributed by atoms with Crippen molar-refractivity contribution in [2.75, 3.05) is 14.2 Å². The summed E-state index contributed by atoms with van der Waals surface area (Å²) in [6.07, 6.45) is -2.16. The highest BCUT2D eigenvalue weighted by molar-refractivity contribution is 5.82. The lowest BCUT2D eigenvalue weighted by Gasteiger charge is -1.96. The minimum absolute atomic E-state index is 0.562. The average Bonchev–Trinajstić information content (AvgIpc) is 2.16. The lowest BCUT2D eigenvalue weighted by molar-refractivity contribution is -0.156. The van der Waals surface area contributed by atoms with E-state index in [9.17, 15) is 19.2 Å². The molecular weight excluding hydrogens is 224 g/mol. The van der Waals surface area contributed by atoms with Gasteiger partial charge >= 0.3 is 24.2 Å². The standard InChI is InChI=1S/C4H6O5.C4H6O3/c1-7-3(5)9-4(6)8-2;1-3(5)7-4(2)6/h1-2H3;1-2H3. The number of carbonyl (C=O) groups is 4. The summed E-state index contributed by atoms with van der Waals surface area (Å²) >= 11 is 0. The zero-order valence-corrected chi connectivity index (χ0v) is 9.27. The SMILES string of the molecule is CC(=O)OC(C)=O.COC(=O)OC(=O)OC. The van der Waals surface area contributed by atoms with Crippen molar-refractivity contribution in [1.82, 2.24) is 0 Å². The largest absolute Gasteiger partial charge is 0.518 e. The molecule has 0 aromatic heterocycles. The van der Waals surface area contributed by atoms with E-state index < -0.39 is 24.2 Å². The first-order valence-corrected chi connectivity index (χ1v) is 3.86. The molecular formula is C8H12O8. The van der Waals surface area contributed by atoms with E-state index in [-0.39, 0.29) is 0 Å². The lowest BCUT2D eigenvalue weighted by atomic mass is 10.7. The molecule has 0 unspecified atom stereocenters. The van der Waals surface area contributed by atoms with Crippen molar-refractivity contribution in [1.29, 1.82) is 0 Å². The van der Waals surface area contributed by atoms with Crippen LogP contribution < -0.4 is 0 Å². The van der Waals surface area contributed by atoms with Crippen molar-refractivity contribution in [3.63, 3.8) is 0 Å². The third-order valence-electron chi connectivity index (χ3n) is 0.787. The average molecular weight is 236 g/mol. The summed E-state index contributed by atoms with van der Waals surface area (Å²) in [5.41, 5.74) is 0. The number of rotatable bonds is 0. The fourth-order valence-electron chi connectivity index (χ4n) is 0.354. The van der Waals surface area contributed by atoms with Gasteiger partial charge in [-0.2, -0.15) is 0 Å². The lowest BCUT2D eigenvalue weighted by Crippen LogP contribution is -2.11. The molecule has 0 bridgehead atoms. The van der Waals surface area contributed by atoms with E-state index in [1.165, 1.54) is 13.8 Å². The molecule has 0 amide bonds. The van der Waals surface area contributed by atoms with Crippen LogP contribution in [0, 0.1) is 0 Å². The van der Waals surface area contributed by atoms with Crippen LogP contribution in [0.15, 0.2) is 0 Å². The highest BCUT2D eigenvalue weighted by Crippen LogP contribution is 1.85. The molecule has 0 saturated heterocycles. The Hall–Kier alpha value is -2.12. The molecule has 0 fully saturated rings. The summed E-state index contributed by atoms with van der Waals surface area (Å²) in [7, 11) is 2.18. The zero-order chi connectivity index (χ0) is 13.1. The smallest absolute Gasteiger partial charge is 0.437 e. The molecule has 8 heteroatoms. The monoisotopic (exact) mass is 236 g/mol. The first-order valence-electron chi connectivity index (χ1n) is 3.86. The normalized spacial score (nSPS) is 7.75. The maximum atomic E-state index is 10.0. The molecule has 16 heavy (non-hydrogen) atoms. The van der Waals surface area contributed by atoms with Crippen LogP contribution in [0.2, 0.25) is 0 Å². The number of esters is 2. The van der Waals surface area contributed by atoms with E-state index in [1.807, 2.05) is 0 Å². The third kappa shape index (κ3) is 14.4. The molecule has 0 aliphatic carbocycles. The number of hydrogen-bond donors (Lipinski definition) is 0. The number of hydrogen-bond acceptors (Lipinski definition) is 8. The van der Waals surface area contributed by atoms with E-state index in [4.69, 9.17) is 0 Å². The van der Waals surface area contributed by atoms with E-state index in [1.54, 1.807) is 0 Å². The quantitative estimate of drug-likeness (QED) is 0.342. The Bertz CT molecular complexity index is 243. The molecule has 0 heterocycles. The van der Waals surface area contributed by atoms with Crippen LogP contribution in [0.5, 0.6) is 0 Å². The van der Waals surface area contributed by atoms with Gasteiger partial charge in [-0.3, -0.25) is 9.59 Å². The van der Waals surface area contributed by atoms with Crippen LogP contribution in [-0.2, 0) is 28.5 Å². The Balaban J connectivity index is 0. The van der Waals surface area contributed by atoms with E-state index in [0.717, 1.165) is 14.2 Å². The molecule has 0 atom stereocenters. The molecule has 8 nitrogen and oxygen atoms in total. The summed E-state index contributed by atoms with van der Waals surface area (Å²) in [4.78, 5) is 39.7. The van der Waals surface area contributed by atoms with Gasteiger partial charge in [0.05, 0.1) is 14.2 Å². The third-order valence-corrected chi connectivity index (χ3v) is 0.787. The van der Waals surface area contributed by atoms with Gasteiger partial charge in [-0.25, -0.2) is 9.59 Å². The van der Waals surface area contributed by atoms with E-state index in [2.05, 4.69) is 18.9 Å². The van der Waals surface area contributed by atoms with Gasteiger partial charge in [0.15, 0.2) is 0 Å². The van der Waals surface area contributed by atoms with Gasteiger partial charge in [0.25, 0.3) is 0 Å². The molecule has 0 aliphatic rings. The molecule has 0 radical (unpaired) electrons. The second-order valence-electron chi connectivity index (χ2n) is 2.10. The maximum absolute atomic E-state index is 10.0. The van der Waals surface area contributed by atoms with Gasteiger partial charge < -0.3 is 18.9 Å². The molecule has 0 aromatic carbocycles. The molecule has 0 N–H and O–H groups in total. The van der Waals surface area contributed by atoms with E-state index >= 15 is 0 Å². The predicted octanol–water partition coefficient (Wildman–Crippen LogP) is 0.632. The highest BCUT2D eigenvalue weighted by Gasteiger charge is 2.07. The second kappa shape index (κ2) is 9.44. The van der Waals surface area contributed by atoms with Crippen molar-refractivity contribution < 1.29 is 38.1 Å². The van der Waals surface area contributed by atoms with Crippen LogP contribution in [-0.4, -0.2) is 38.5 Å². The van der Waals surface area contributed by atoms with Gasteiger partial charge in [0.1, 0.15) is 0 Å². The van der Waals surface area contributed by atoms with Gasteiger partial charge in [-0.1, -0.05) is 0 Å². The first-order chi connectivity index (χ1) is 7.33. The zero-order valence-electron chi connectivity index (χ0n) is 9.27. The van der Waals surface area contributed by atoms with Gasteiger partial charge in [0, 0.05) is 13.8 Å². The van der Waals surface area contributed by atoms with Crippen LogP contribution in [0.3, 0.4) is 0 Å². The van der Waals surface area contributed by atoms with Crippen molar-refractivity contribution in [2.24, 2.45) is 0 Å². The molecule has 0 aliphatic heterocycles. The highest BCUT2D eigenvalue weighted by atomic mass is 16.8. The van der Waals surface area contributed by atoms with Gasteiger partial charge in [0.2, 0.25) is 0 Å². The molecule has 92 valence electrons. The van der Waals surface area contributed by atoms with Gasteiger partial charge in [-0.15, -0.1) is 0 Å². The molecule has 0 saturated carbocycles. The Morgan fingerprint density at radius 3 is 1.12 bits per heavy atom. The molecule has 0 aromatic rings. The van der Waals surface area contributed by atoms with Gasteiger partial charge in [-0.05, 0) is 0 Å². The number of carbonyl (C=O) groups excluding carboxylic acids is 4. The fraction of sp³-hybridized carbons (Fsp3) is 0.500. The van der Waals surface area contributed by atoms with Crippen LogP contribution >= 0.6 is 0 Å². The number of methoxy groups -OCH3 is 2. The fourth-order valence-corrected chi connectivity index (χ4v) is 0.354. The van der Waals surface area contributed by atoms with Crippen molar-refractivity contribution in [2.45, 2.75) is 13.8 Å². The van der Waals surface area contributed by atoms with Crippen molar-refractivity contribution >= 4 is 24.2 Å². The number of ether oxygens (including phenoxy) is 4. The Morgan fingerprint density at radius 2 is 1.00 bits per heavy atom. The van der Waals surface area contributed by atoms with Crippen molar-refractivity contribution in [3.05, 3.63) is 0 Å².